The molecule has 724 valence electrons. The van der Waals surface area contributed by atoms with Gasteiger partial charge in [-0.2, -0.15) is 0 Å². The largest absolute Gasteiger partial charge is 0.479 e. The van der Waals surface area contributed by atoms with Crippen molar-refractivity contribution in [3.63, 3.8) is 0 Å². The highest BCUT2D eigenvalue weighted by atomic mass is 19.1. The second-order valence-corrected chi connectivity index (χ2v) is 33.6. The zero-order valence-electron chi connectivity index (χ0n) is 75.2. The number of carboxylic acids is 1. The Morgan fingerprint density at radius 1 is 0.591 bits per heavy atom. The molecular weight excluding hydrogens is 1800 g/mol. The quantitative estimate of drug-likeness (QED) is 0.0116. The number of amides is 10. The third-order valence-corrected chi connectivity index (χ3v) is 24.4. The summed E-state index contributed by atoms with van der Waals surface area (Å²) < 4.78 is 78.0. The number of cyclic esters (lactones) is 2. The van der Waals surface area contributed by atoms with E-state index in [0.29, 0.717) is 68.6 Å². The molecule has 9 atom stereocenters. The molecule has 10 amide bonds. The van der Waals surface area contributed by atoms with Crippen LogP contribution in [0, 0.1) is 17.6 Å². The maximum atomic E-state index is 15.9. The van der Waals surface area contributed by atoms with Crippen LogP contribution in [0.25, 0.3) is 44.6 Å². The number of esters is 2. The van der Waals surface area contributed by atoms with Crippen LogP contribution in [-0.2, 0) is 140 Å². The number of nitrogens with zero attached hydrogens (tertiary/aromatic N) is 7. The number of pyridine rings is 4. The molecule has 0 radical (unpaired) electrons. The summed E-state index contributed by atoms with van der Waals surface area (Å²) in [6, 6.07) is 15.5. The number of fused-ring (bicyclic) bond motifs is 10. The van der Waals surface area contributed by atoms with Crippen LogP contribution < -0.4 is 62.5 Å². The summed E-state index contributed by atoms with van der Waals surface area (Å²) in [4.78, 5) is 211. The number of anilines is 2. The first kappa shape index (κ1) is 98.2. The molecule has 10 heterocycles. The maximum Gasteiger partial charge on any atom is 0.410 e. The highest BCUT2D eigenvalue weighted by Gasteiger charge is 2.50. The number of carbonyl (C=O) groups is 13. The van der Waals surface area contributed by atoms with Gasteiger partial charge in [0.25, 0.3) is 22.9 Å². The van der Waals surface area contributed by atoms with Gasteiger partial charge in [-0.25, -0.2) is 42.7 Å². The zero-order chi connectivity index (χ0) is 98.7. The topological polar surface area (TPSA) is 581 Å². The molecule has 45 heteroatoms. The minimum Gasteiger partial charge on any atom is -0.479 e. The molecule has 0 spiro atoms. The van der Waals surface area contributed by atoms with Gasteiger partial charge in [0.15, 0.2) is 53.9 Å². The molecule has 1 fully saturated rings. The summed E-state index contributed by atoms with van der Waals surface area (Å²) >= 11 is 0. The first-order valence-corrected chi connectivity index (χ1v) is 43.7. The Morgan fingerprint density at radius 3 is 1.62 bits per heavy atom. The first-order valence-electron chi connectivity index (χ1n) is 43.7. The Bertz CT molecular complexity index is 6410. The van der Waals surface area contributed by atoms with Crippen molar-refractivity contribution in [1.82, 2.24) is 60.4 Å². The van der Waals surface area contributed by atoms with E-state index < -0.39 is 206 Å². The number of carboxylic acid groups (broad SMARTS) is 1. The number of aliphatic carboxylic acids is 1. The number of alkyl carbamates (subject to hydrolysis) is 2. The van der Waals surface area contributed by atoms with E-state index in [1.54, 1.807) is 45.9 Å². The summed E-state index contributed by atoms with van der Waals surface area (Å²) in [5.74, 6) is -12.7. The molecule has 13 N–H and O–H groups in total. The summed E-state index contributed by atoms with van der Waals surface area (Å²) in [7, 11) is 1.23. The molecule has 0 bridgehead atoms. The molecule has 4 aromatic heterocycles. The maximum absolute atomic E-state index is 15.9. The Morgan fingerprint density at radius 2 is 1.11 bits per heavy atom. The molecule has 137 heavy (non-hydrogen) atoms. The van der Waals surface area contributed by atoms with Gasteiger partial charge < -0.3 is 109 Å². The van der Waals surface area contributed by atoms with Gasteiger partial charge in [0.1, 0.15) is 62.6 Å². The normalized spacial score (nSPS) is 19.2. The number of benzene rings is 4. The minimum atomic E-state index is -2.12. The molecule has 0 aliphatic carbocycles. The molecule has 8 aromatic rings. The average molecular weight is 1900 g/mol. The van der Waals surface area contributed by atoms with Crippen LogP contribution in [0.15, 0.2) is 101 Å². The number of halogens is 2. The highest BCUT2D eigenvalue weighted by molar-refractivity contribution is 6.13. The number of aliphatic hydroxyl groups excluding tert-OH is 3. The van der Waals surface area contributed by atoms with Crippen molar-refractivity contribution < 1.29 is 140 Å². The number of aryl methyl sites for hydroxylation is 2. The van der Waals surface area contributed by atoms with Gasteiger partial charge >= 0.3 is 30.1 Å². The Hall–Kier alpha value is -14.8. The van der Waals surface area contributed by atoms with E-state index in [9.17, 15) is 103 Å². The molecule has 4 aromatic carbocycles. The van der Waals surface area contributed by atoms with Crippen LogP contribution in [0.2, 0.25) is 0 Å². The van der Waals surface area contributed by atoms with Crippen molar-refractivity contribution in [3.05, 3.63) is 179 Å². The summed E-state index contributed by atoms with van der Waals surface area (Å²) in [5, 5.41) is 82.8. The number of rotatable bonds is 36. The zero-order valence-corrected chi connectivity index (χ0v) is 75.2. The fourth-order valence-corrected chi connectivity index (χ4v) is 16.9. The lowest BCUT2D eigenvalue weighted by atomic mass is 9.86. The minimum absolute atomic E-state index is 0.0455. The van der Waals surface area contributed by atoms with Gasteiger partial charge in [-0.15, -0.1) is 0 Å². The van der Waals surface area contributed by atoms with Gasteiger partial charge in [0.05, 0.1) is 83.3 Å². The van der Waals surface area contributed by atoms with Crippen LogP contribution in [0.3, 0.4) is 0 Å². The number of imide groups is 1. The predicted molar refractivity (Wildman–Crippen MR) is 472 cm³/mol. The lowest BCUT2D eigenvalue weighted by Crippen LogP contribution is -2.61. The molecule has 0 saturated carbocycles. The van der Waals surface area contributed by atoms with Gasteiger partial charge in [0, 0.05) is 96.1 Å². The number of carbonyl (C=O) groups excluding carboxylic acids is 12. The van der Waals surface area contributed by atoms with Crippen molar-refractivity contribution in [1.29, 1.82) is 0 Å². The van der Waals surface area contributed by atoms with E-state index in [1.165, 1.54) is 76.5 Å². The Balaban J connectivity index is 0.535. The number of hydrogen-bond donors (Lipinski definition) is 13. The second kappa shape index (κ2) is 40.8. The fraction of sp³-hybridized carbons (Fsp3) is 0.402. The number of nitrogens with one attached hydrogen (secondary N) is 7. The van der Waals surface area contributed by atoms with E-state index in [1.807, 2.05) is 13.8 Å². The lowest BCUT2D eigenvalue weighted by Gasteiger charge is -2.38. The van der Waals surface area contributed by atoms with Crippen molar-refractivity contribution in [3.8, 4) is 40.0 Å². The van der Waals surface area contributed by atoms with Crippen LogP contribution in [0.4, 0.5) is 29.7 Å². The van der Waals surface area contributed by atoms with Crippen LogP contribution in [-0.4, -0.2) is 244 Å². The van der Waals surface area contributed by atoms with Crippen molar-refractivity contribution in [2.75, 3.05) is 70.4 Å². The fourth-order valence-electron chi connectivity index (χ4n) is 16.9. The number of aromatic nitrogens is 4. The highest BCUT2D eigenvalue weighted by Crippen LogP contribution is 2.45. The van der Waals surface area contributed by atoms with Gasteiger partial charge in [0.2, 0.25) is 41.7 Å². The standard InChI is InChI=1S/C92H98F2N14O29/c1-9-48-50-26-66(58(93)30-60(50)101-75-52(48)32-107-63(75)28-56-54(83(107)120)39-130-87(124)91(56,128)11-3)134-41-96-89(126)132-37-45-13-16-47(17-14-45)99-81(118)44(7)98-82(119)74(43(5)6)103-70(111)36-105(23-24-106-72(113)19-20-73(106)114)35-68(109)95-22-21-71(112)104(8)34-69(110)100-62-25-46(15-18-65(62)136-86-79(117)77(115)78(116)80(137-86)85(122)123)38-133-90(127)97-42-135-67-27-51-49(10-2)53-33-108-64(76(53)102-61(51)31-59(67)94)29-57-55(84(108)121)40-131-88(125)92(57,129)12-4/h13-20,25-31,43-44,74,77-80,86,115-117,128-129H,9-12,21-24,32-42H2,1-8H3,(H,95,109)(H,96,126)(H,97,127)(H,98,119)(H,99,118)(H,100,110)(H,103,111)(H,122,123)/t44-,74-,77-,78-,79+,80-,86+,91-,92-/m0/s1. The third-order valence-electron chi connectivity index (χ3n) is 24.4. The average Bonchev–Trinajstić information content (AvgIpc) is 1.57. The molecule has 0 unspecified atom stereocenters. The van der Waals surface area contributed by atoms with E-state index >= 15 is 8.78 Å². The summed E-state index contributed by atoms with van der Waals surface area (Å²) in [6.45, 7) is 6.27. The van der Waals surface area contributed by atoms with Gasteiger partial charge in [-0.3, -0.25) is 68.4 Å². The van der Waals surface area contributed by atoms with E-state index in [0.717, 1.165) is 39.6 Å². The van der Waals surface area contributed by atoms with Crippen molar-refractivity contribution in [2.24, 2.45) is 5.92 Å². The number of ether oxygens (including phenoxy) is 8. The van der Waals surface area contributed by atoms with Gasteiger partial charge in [-0.05, 0) is 109 Å². The Labute approximate surface area is 776 Å². The Kier molecular flexibility index (Phi) is 29.3. The predicted octanol–water partition coefficient (Wildman–Crippen LogP) is 2.09. The second-order valence-electron chi connectivity index (χ2n) is 33.6. The molecule has 1 saturated heterocycles. The summed E-state index contributed by atoms with van der Waals surface area (Å²) in [5.41, 5.74) is 0.679. The smallest absolute Gasteiger partial charge is 0.410 e. The monoisotopic (exact) mass is 1900 g/mol. The summed E-state index contributed by atoms with van der Waals surface area (Å²) in [6.07, 6.45) is -10.1. The molecule has 6 aliphatic heterocycles. The molecule has 6 aliphatic rings. The van der Waals surface area contributed by atoms with Crippen LogP contribution >= 0.6 is 0 Å². The van der Waals surface area contributed by atoms with Crippen LogP contribution in [0.5, 0.6) is 17.2 Å². The number of hydrogen-bond acceptors (Lipinski definition) is 31. The number of likely N-dealkylation sites (N-methyl/N-ethyl adjacent to an activating group) is 1. The van der Waals surface area contributed by atoms with Crippen molar-refractivity contribution >= 4 is 111 Å². The first-order chi connectivity index (χ1) is 65.2. The van der Waals surface area contributed by atoms with Crippen LogP contribution in [0.1, 0.15) is 123 Å². The van der Waals surface area contributed by atoms with Gasteiger partial charge in [-0.1, -0.05) is 59.7 Å². The third kappa shape index (κ3) is 20.5. The van der Waals surface area contributed by atoms with E-state index in [-0.39, 0.29) is 133 Å². The van der Waals surface area contributed by atoms with E-state index in [2.05, 4.69) is 37.2 Å². The van der Waals surface area contributed by atoms with E-state index in [4.69, 9.17) is 47.9 Å². The number of aliphatic hydroxyl groups is 5. The molecule has 14 rings (SSSR count). The SMILES string of the molecule is CCc1c2c(nc3cc(F)c(OCNC(=O)OCc4ccc(NC(=O)[C@H](C)NC(=O)[C@@H](NC(=O)CN(CCN5C(=O)C=CC5=O)CC(=O)NCCC(=O)N(C)CC(=O)Nc5cc(COC(=O)NCOc6cc7c(CC)c8c(nc7cc6F)-c6cc7c(c(=O)n6C8)COC(=O)[C@]7(O)CC)ccc5O[C@@H]5O[C@H](C(=O)O)[C@@H](O)[C@H](O)[C@H]5O)C(C)C)cc4)cc13)-c1cc3c(c(=O)n1C2)COC(=O)[C@]3(O)CC. The van der Waals surface area contributed by atoms with Crippen molar-refractivity contribution in [2.45, 2.75) is 174 Å². The molecule has 43 nitrogen and oxygen atoms in total. The molecular formula is C92H98F2N14O29. The lowest BCUT2D eigenvalue weighted by molar-refractivity contribution is -0.271.